The standard InChI is InChI=1S/C20H31ClN4O2.HI/c1-3-22-19(23-16-20(26-2)7-13-27-14-8-20)25-11-9-24(10-12-25)18-6-4-5-17(21)15-18;/h4-6,15H,3,7-14,16H2,1-2H3,(H,22,23);1H. The van der Waals surface area contributed by atoms with Crippen molar-refractivity contribution in [3.8, 4) is 0 Å². The SMILES string of the molecule is CCNC(=NCC1(OC)CCOCC1)N1CCN(c2cccc(Cl)c2)CC1.I. The van der Waals surface area contributed by atoms with Gasteiger partial charge in [-0.05, 0) is 25.1 Å². The molecule has 8 heteroatoms. The van der Waals surface area contributed by atoms with E-state index in [1.54, 1.807) is 7.11 Å². The van der Waals surface area contributed by atoms with Crippen LogP contribution in [0.5, 0.6) is 0 Å². The number of anilines is 1. The Kier molecular flexibility index (Phi) is 9.59. The van der Waals surface area contributed by atoms with Gasteiger partial charge in [0.2, 0.25) is 0 Å². The summed E-state index contributed by atoms with van der Waals surface area (Å²) in [7, 11) is 1.79. The average molecular weight is 523 g/mol. The van der Waals surface area contributed by atoms with Gasteiger partial charge in [-0.2, -0.15) is 0 Å². The van der Waals surface area contributed by atoms with Gasteiger partial charge < -0.3 is 24.6 Å². The lowest BCUT2D eigenvalue weighted by Crippen LogP contribution is -2.53. The number of aliphatic imine (C=N–C) groups is 1. The lowest BCUT2D eigenvalue weighted by atomic mass is 9.94. The van der Waals surface area contributed by atoms with Crippen LogP contribution in [-0.2, 0) is 9.47 Å². The van der Waals surface area contributed by atoms with Crippen molar-refractivity contribution >= 4 is 47.2 Å². The maximum absolute atomic E-state index is 6.14. The summed E-state index contributed by atoms with van der Waals surface area (Å²) >= 11 is 6.14. The average Bonchev–Trinajstić information content (AvgIpc) is 2.72. The van der Waals surface area contributed by atoms with E-state index in [1.165, 1.54) is 5.69 Å². The van der Waals surface area contributed by atoms with Crippen LogP contribution in [0, 0.1) is 0 Å². The third kappa shape index (κ3) is 6.11. The predicted molar refractivity (Wildman–Crippen MR) is 126 cm³/mol. The summed E-state index contributed by atoms with van der Waals surface area (Å²) in [5.41, 5.74) is 0.992. The summed E-state index contributed by atoms with van der Waals surface area (Å²) < 4.78 is 11.3. The molecule has 0 atom stereocenters. The minimum atomic E-state index is -0.193. The molecule has 2 aliphatic rings. The first kappa shape index (κ1) is 23.5. The quantitative estimate of drug-likeness (QED) is 0.366. The number of halogens is 2. The molecule has 6 nitrogen and oxygen atoms in total. The van der Waals surface area contributed by atoms with Gasteiger partial charge in [-0.1, -0.05) is 17.7 Å². The van der Waals surface area contributed by atoms with Crippen molar-refractivity contribution in [2.75, 3.05) is 64.5 Å². The molecular weight excluding hydrogens is 491 g/mol. The summed E-state index contributed by atoms with van der Waals surface area (Å²) in [6.07, 6.45) is 1.80. The molecular formula is C20H32ClIN4O2. The van der Waals surface area contributed by atoms with Gasteiger partial charge in [0.25, 0.3) is 0 Å². The molecule has 2 saturated heterocycles. The summed E-state index contributed by atoms with van der Waals surface area (Å²) in [6, 6.07) is 8.07. The zero-order chi connectivity index (χ0) is 19.1. The van der Waals surface area contributed by atoms with Gasteiger partial charge in [0.05, 0.1) is 12.1 Å². The van der Waals surface area contributed by atoms with Crippen molar-refractivity contribution in [1.29, 1.82) is 0 Å². The van der Waals surface area contributed by atoms with E-state index in [1.807, 2.05) is 18.2 Å². The molecule has 1 N–H and O–H groups in total. The zero-order valence-corrected chi connectivity index (χ0v) is 19.9. The lowest BCUT2D eigenvalue weighted by Gasteiger charge is -2.39. The Balaban J connectivity index is 0.00000280. The highest BCUT2D eigenvalue weighted by Crippen LogP contribution is 2.25. The molecule has 2 aliphatic heterocycles. The first-order valence-electron chi connectivity index (χ1n) is 9.82. The van der Waals surface area contributed by atoms with Crippen LogP contribution in [0.1, 0.15) is 19.8 Å². The van der Waals surface area contributed by atoms with Crippen molar-refractivity contribution in [1.82, 2.24) is 10.2 Å². The van der Waals surface area contributed by atoms with E-state index in [-0.39, 0.29) is 29.6 Å². The van der Waals surface area contributed by atoms with Crippen molar-refractivity contribution < 1.29 is 9.47 Å². The molecule has 1 aromatic carbocycles. The first-order chi connectivity index (χ1) is 13.2. The molecule has 28 heavy (non-hydrogen) atoms. The number of guanidine groups is 1. The molecule has 1 aromatic rings. The highest BCUT2D eigenvalue weighted by molar-refractivity contribution is 14.0. The third-order valence-corrected chi connectivity index (χ3v) is 5.68. The van der Waals surface area contributed by atoms with Gasteiger partial charge in [0, 0.05) is 76.6 Å². The van der Waals surface area contributed by atoms with Crippen LogP contribution in [0.2, 0.25) is 5.02 Å². The third-order valence-electron chi connectivity index (χ3n) is 5.44. The first-order valence-corrected chi connectivity index (χ1v) is 10.2. The highest BCUT2D eigenvalue weighted by atomic mass is 127. The fourth-order valence-corrected chi connectivity index (χ4v) is 3.85. The highest BCUT2D eigenvalue weighted by Gasteiger charge is 2.32. The molecule has 0 radical (unpaired) electrons. The van der Waals surface area contributed by atoms with Gasteiger partial charge in [0.15, 0.2) is 5.96 Å². The zero-order valence-electron chi connectivity index (χ0n) is 16.8. The fourth-order valence-electron chi connectivity index (χ4n) is 3.66. The number of nitrogens with one attached hydrogen (secondary N) is 1. The molecule has 0 aliphatic carbocycles. The molecule has 0 aromatic heterocycles. The topological polar surface area (TPSA) is 49.3 Å². The van der Waals surface area contributed by atoms with Crippen LogP contribution in [0.3, 0.4) is 0 Å². The summed E-state index contributed by atoms with van der Waals surface area (Å²) in [5, 5.41) is 4.23. The fraction of sp³-hybridized carbons (Fsp3) is 0.650. The molecule has 0 amide bonds. The Morgan fingerprint density at radius 2 is 1.96 bits per heavy atom. The second-order valence-electron chi connectivity index (χ2n) is 7.12. The van der Waals surface area contributed by atoms with Crippen molar-refractivity contribution in [2.45, 2.75) is 25.4 Å². The van der Waals surface area contributed by atoms with Gasteiger partial charge in [-0.3, -0.25) is 4.99 Å². The van der Waals surface area contributed by atoms with Crippen molar-refractivity contribution in [3.63, 3.8) is 0 Å². The molecule has 0 saturated carbocycles. The Hall–Kier alpha value is -0.770. The second-order valence-corrected chi connectivity index (χ2v) is 7.56. The maximum atomic E-state index is 6.14. The van der Waals surface area contributed by atoms with E-state index in [2.05, 4.69) is 28.1 Å². The molecule has 0 spiro atoms. The van der Waals surface area contributed by atoms with Crippen LogP contribution >= 0.6 is 35.6 Å². The van der Waals surface area contributed by atoms with Gasteiger partial charge >= 0.3 is 0 Å². The van der Waals surface area contributed by atoms with E-state index < -0.39 is 0 Å². The van der Waals surface area contributed by atoms with Crippen molar-refractivity contribution in [3.05, 3.63) is 29.3 Å². The molecule has 2 fully saturated rings. The number of piperazine rings is 1. The largest absolute Gasteiger partial charge is 0.381 e. The van der Waals surface area contributed by atoms with Crippen molar-refractivity contribution in [2.24, 2.45) is 4.99 Å². The molecule has 0 bridgehead atoms. The molecule has 2 heterocycles. The number of methoxy groups -OCH3 is 1. The minimum absolute atomic E-state index is 0. The van der Waals surface area contributed by atoms with Crippen LogP contribution in [0.15, 0.2) is 29.3 Å². The Morgan fingerprint density at radius 1 is 1.25 bits per heavy atom. The monoisotopic (exact) mass is 522 g/mol. The number of hydrogen-bond acceptors (Lipinski definition) is 4. The number of nitrogens with zero attached hydrogens (tertiary/aromatic N) is 3. The van der Waals surface area contributed by atoms with Gasteiger partial charge in [0.1, 0.15) is 0 Å². The molecule has 158 valence electrons. The van der Waals surface area contributed by atoms with E-state index in [4.69, 9.17) is 26.1 Å². The van der Waals surface area contributed by atoms with Gasteiger partial charge in [-0.25, -0.2) is 0 Å². The number of benzene rings is 1. The Labute approximate surface area is 190 Å². The van der Waals surface area contributed by atoms with Crippen LogP contribution in [-0.4, -0.2) is 76.1 Å². The van der Waals surface area contributed by atoms with E-state index in [9.17, 15) is 0 Å². The number of hydrogen-bond donors (Lipinski definition) is 1. The van der Waals surface area contributed by atoms with Crippen LogP contribution in [0.4, 0.5) is 5.69 Å². The maximum Gasteiger partial charge on any atom is 0.194 e. The summed E-state index contributed by atoms with van der Waals surface area (Å²) in [5.74, 6) is 0.978. The van der Waals surface area contributed by atoms with E-state index in [0.29, 0.717) is 6.54 Å². The normalized spacial score (nSPS) is 19.9. The Bertz CT molecular complexity index is 632. The Morgan fingerprint density at radius 3 is 2.57 bits per heavy atom. The van der Waals surface area contributed by atoms with Crippen LogP contribution < -0.4 is 10.2 Å². The predicted octanol–water partition coefficient (Wildman–Crippen LogP) is 3.24. The molecule has 0 unspecified atom stereocenters. The summed E-state index contributed by atoms with van der Waals surface area (Å²) in [4.78, 5) is 9.64. The van der Waals surface area contributed by atoms with E-state index in [0.717, 1.165) is 69.8 Å². The minimum Gasteiger partial charge on any atom is -0.381 e. The lowest BCUT2D eigenvalue weighted by molar-refractivity contribution is -0.0829. The smallest absolute Gasteiger partial charge is 0.194 e. The number of ether oxygens (including phenoxy) is 2. The number of rotatable bonds is 5. The van der Waals surface area contributed by atoms with Crippen LogP contribution in [0.25, 0.3) is 0 Å². The second kappa shape index (κ2) is 11.4. The van der Waals surface area contributed by atoms with E-state index >= 15 is 0 Å². The molecule has 3 rings (SSSR count). The summed E-state index contributed by atoms with van der Waals surface area (Å²) in [6.45, 7) is 8.90. The van der Waals surface area contributed by atoms with Gasteiger partial charge in [-0.15, -0.1) is 24.0 Å².